The van der Waals surface area contributed by atoms with Crippen LogP contribution in [0.3, 0.4) is 0 Å². The highest BCUT2D eigenvalue weighted by atomic mass is 19.4. The monoisotopic (exact) mass is 888 g/mol. The number of carbonyl (C=O) groups is 4. The first-order valence-corrected chi connectivity index (χ1v) is 20.4. The van der Waals surface area contributed by atoms with E-state index in [1.807, 2.05) is 5.32 Å². The number of esters is 1. The quantitative estimate of drug-likeness (QED) is 0.147. The van der Waals surface area contributed by atoms with Gasteiger partial charge in [-0.2, -0.15) is 13.2 Å². The maximum Gasteiger partial charge on any atom is 0.413 e. The predicted octanol–water partition coefficient (Wildman–Crippen LogP) is 6.36. The number of ether oxygens (including phenoxy) is 7. The highest BCUT2D eigenvalue weighted by Crippen LogP contribution is 2.44. The third-order valence-electron chi connectivity index (χ3n) is 8.75. The molecule has 1 unspecified atom stereocenters. The highest BCUT2D eigenvalue weighted by Gasteiger charge is 2.56. The molecule has 2 fully saturated rings. The predicted molar refractivity (Wildman–Crippen MR) is 217 cm³/mol. The summed E-state index contributed by atoms with van der Waals surface area (Å²) in [6.45, 7) is 22.6. The topological polar surface area (TPSA) is 216 Å². The number of hydrogen-bond acceptors (Lipinski definition) is 15. The van der Waals surface area contributed by atoms with Crippen molar-refractivity contribution < 1.29 is 65.5 Å². The van der Waals surface area contributed by atoms with Gasteiger partial charge < -0.3 is 48.7 Å². The number of alkyl halides is 3. The minimum Gasteiger partial charge on any atom is -0.458 e. The Morgan fingerprint density at radius 2 is 1.29 bits per heavy atom. The summed E-state index contributed by atoms with van der Waals surface area (Å²) in [5, 5.41) is 7.08. The molecule has 2 aliphatic rings. The summed E-state index contributed by atoms with van der Waals surface area (Å²) < 4.78 is 85.7. The molecule has 0 bridgehead atoms. The van der Waals surface area contributed by atoms with Crippen molar-refractivity contribution in [1.29, 1.82) is 0 Å². The fraction of sp³-hybridized carbons (Fsp3) is 0.775. The summed E-state index contributed by atoms with van der Waals surface area (Å²) in [4.78, 5) is 66.2. The Morgan fingerprint density at radius 1 is 0.758 bits per heavy atom. The van der Waals surface area contributed by atoms with Crippen LogP contribution in [-0.2, 0) is 38.0 Å². The van der Waals surface area contributed by atoms with Crippen molar-refractivity contribution in [3.05, 3.63) is 12.7 Å². The summed E-state index contributed by atoms with van der Waals surface area (Å²) >= 11 is 0. The second-order valence-electron chi connectivity index (χ2n) is 19.7. The Labute approximate surface area is 359 Å². The van der Waals surface area contributed by atoms with E-state index >= 15 is 0 Å². The number of nitrogens with one attached hydrogen (secondary N) is 3. The van der Waals surface area contributed by atoms with Crippen molar-refractivity contribution in [1.82, 2.24) is 35.1 Å². The lowest BCUT2D eigenvalue weighted by molar-refractivity contribution is -0.198. The molecule has 2 aliphatic heterocycles. The summed E-state index contributed by atoms with van der Waals surface area (Å²) in [5.74, 6) is -1.83. The maximum absolute atomic E-state index is 14.5. The van der Waals surface area contributed by atoms with E-state index in [1.165, 1.54) is 33.4 Å². The molecule has 62 heavy (non-hydrogen) atoms. The van der Waals surface area contributed by atoms with Crippen molar-refractivity contribution >= 4 is 41.2 Å². The summed E-state index contributed by atoms with van der Waals surface area (Å²) in [6.07, 6.45) is -9.26. The summed E-state index contributed by atoms with van der Waals surface area (Å²) in [5.41, 5.74) is -3.23. The minimum atomic E-state index is -4.87. The third-order valence-corrected chi connectivity index (χ3v) is 8.75. The first-order valence-electron chi connectivity index (χ1n) is 20.4. The zero-order valence-corrected chi connectivity index (χ0v) is 38.0. The van der Waals surface area contributed by atoms with Crippen molar-refractivity contribution in [2.45, 2.75) is 181 Å². The van der Waals surface area contributed by atoms with Gasteiger partial charge in [0, 0.05) is 19.6 Å². The van der Waals surface area contributed by atoms with E-state index in [0.717, 1.165) is 0 Å². The molecule has 2 aromatic heterocycles. The maximum atomic E-state index is 14.5. The molecule has 0 radical (unpaired) electrons. The Bertz CT molecular complexity index is 1900. The normalized spacial score (nSPS) is 21.5. The molecule has 2 saturated heterocycles. The van der Waals surface area contributed by atoms with Crippen LogP contribution < -0.4 is 16.0 Å². The van der Waals surface area contributed by atoms with E-state index in [1.54, 1.807) is 85.6 Å². The molecular weight excluding hydrogens is 825 g/mol. The zero-order valence-electron chi connectivity index (χ0n) is 38.0. The van der Waals surface area contributed by atoms with Crippen LogP contribution in [0.25, 0.3) is 11.2 Å². The van der Waals surface area contributed by atoms with Crippen molar-refractivity contribution in [2.24, 2.45) is 0 Å². The van der Waals surface area contributed by atoms with Gasteiger partial charge in [-0.1, -0.05) is 0 Å². The van der Waals surface area contributed by atoms with E-state index in [0.29, 0.717) is 0 Å². The molecule has 6 atom stereocenters. The lowest BCUT2D eigenvalue weighted by Gasteiger charge is -2.32. The van der Waals surface area contributed by atoms with Crippen LogP contribution in [0, 0.1) is 0 Å². The molecule has 0 saturated carbocycles. The summed E-state index contributed by atoms with van der Waals surface area (Å²) in [7, 11) is 0. The average molecular weight is 889 g/mol. The minimum absolute atomic E-state index is 0.0722. The van der Waals surface area contributed by atoms with Gasteiger partial charge >= 0.3 is 30.4 Å². The molecular formula is C40H63F3N8O11. The smallest absolute Gasteiger partial charge is 0.413 e. The third kappa shape index (κ3) is 15.1. The number of carbonyl (C=O) groups excluding carboxylic acids is 4. The number of halogens is 3. The standard InChI is InChI=1S/C40H63F3N8O11/c1-35(2,3)59-31(52)22(47-32(53)60-36(4,5)6)15-17-50(18-16-24(40(41,42)43)48-33(54)61-37(7,8)9)19-23-26-27(58-39(13,14)57-26)30(56-23)51-21-46-25-28(44-20-45-29(25)51)49-34(55)62-38(10,11)12/h20-24,26-27,30H,15-19H2,1-14H3,(H,47,53)(H,48,54)(H,44,45,49,55)/t22-,23+,24?,26+,27+,30+/m0/s1. The van der Waals surface area contributed by atoms with E-state index in [4.69, 9.17) is 33.2 Å². The molecule has 0 aromatic carbocycles. The van der Waals surface area contributed by atoms with Crippen LogP contribution >= 0.6 is 0 Å². The lowest BCUT2D eigenvalue weighted by Crippen LogP contribution is -2.50. The zero-order chi connectivity index (χ0) is 46.8. The molecule has 22 heteroatoms. The Hall–Kier alpha value is -4.54. The van der Waals surface area contributed by atoms with Gasteiger partial charge in [0.25, 0.3) is 0 Å². The van der Waals surface area contributed by atoms with Gasteiger partial charge in [0.1, 0.15) is 59.1 Å². The Morgan fingerprint density at radius 3 is 1.85 bits per heavy atom. The summed E-state index contributed by atoms with van der Waals surface area (Å²) in [6, 6.07) is -3.60. The molecule has 3 amide bonds. The number of imidazole rings is 1. The fourth-order valence-corrected chi connectivity index (χ4v) is 6.57. The van der Waals surface area contributed by atoms with Gasteiger partial charge in [0.2, 0.25) is 0 Å². The second-order valence-corrected chi connectivity index (χ2v) is 19.7. The molecule has 0 aliphatic carbocycles. The molecule has 4 heterocycles. The van der Waals surface area contributed by atoms with Crippen LogP contribution in [-0.4, -0.2) is 133 Å². The van der Waals surface area contributed by atoms with Gasteiger partial charge in [-0.15, -0.1) is 0 Å². The van der Waals surface area contributed by atoms with Crippen LogP contribution in [0.4, 0.5) is 33.4 Å². The van der Waals surface area contributed by atoms with Crippen LogP contribution in [0.5, 0.6) is 0 Å². The van der Waals surface area contributed by atoms with Crippen molar-refractivity contribution in [3.8, 4) is 0 Å². The molecule has 19 nitrogen and oxygen atoms in total. The van der Waals surface area contributed by atoms with Gasteiger partial charge in [-0.25, -0.2) is 34.1 Å². The molecule has 0 spiro atoms. The number of amides is 3. The van der Waals surface area contributed by atoms with Crippen LogP contribution in [0.15, 0.2) is 12.7 Å². The largest absolute Gasteiger partial charge is 0.458 e. The number of hydrogen-bond donors (Lipinski definition) is 3. The number of anilines is 1. The van der Waals surface area contributed by atoms with E-state index < -0.39 is 102 Å². The molecule has 350 valence electrons. The van der Waals surface area contributed by atoms with E-state index in [2.05, 4.69) is 25.6 Å². The van der Waals surface area contributed by atoms with Gasteiger partial charge in [-0.3, -0.25) is 9.88 Å². The van der Waals surface area contributed by atoms with Gasteiger partial charge in [0.15, 0.2) is 29.0 Å². The number of fused-ring (bicyclic) bond motifs is 2. The number of aromatic nitrogens is 4. The SMILES string of the molecule is CC(C)(C)OC(=O)Nc1ncnc2c1ncn2[C@@H]1O[C@H](CN(CCC(NC(=O)OC(C)(C)C)C(F)(F)F)CC[C@H](NC(=O)OC(C)(C)C)C(=O)OC(C)(C)C)[C@H]2OC(C)(C)O[C@H]21. The van der Waals surface area contributed by atoms with E-state index in [-0.39, 0.29) is 43.0 Å². The van der Waals surface area contributed by atoms with E-state index in [9.17, 15) is 32.3 Å². The Balaban J connectivity index is 1.67. The van der Waals surface area contributed by atoms with Gasteiger partial charge in [0.05, 0.1) is 6.33 Å². The first kappa shape index (κ1) is 50.1. The van der Waals surface area contributed by atoms with Gasteiger partial charge in [-0.05, 0) is 110 Å². The Kier molecular flexibility index (Phi) is 15.1. The van der Waals surface area contributed by atoms with Crippen LogP contribution in [0.2, 0.25) is 0 Å². The molecule has 3 N–H and O–H groups in total. The number of rotatable bonds is 13. The second kappa shape index (κ2) is 18.7. The average Bonchev–Trinajstić information content (AvgIpc) is 3.71. The van der Waals surface area contributed by atoms with Crippen LogP contribution in [0.1, 0.15) is 116 Å². The van der Waals surface area contributed by atoms with Crippen molar-refractivity contribution in [3.63, 3.8) is 0 Å². The first-order chi connectivity index (χ1) is 28.2. The molecule has 2 aromatic rings. The highest BCUT2D eigenvalue weighted by molar-refractivity contribution is 5.93. The fourth-order valence-electron chi connectivity index (χ4n) is 6.57. The number of alkyl carbamates (subject to hydrolysis) is 2. The molecule has 4 rings (SSSR count). The number of nitrogens with zero attached hydrogens (tertiary/aromatic N) is 5. The van der Waals surface area contributed by atoms with Crippen molar-refractivity contribution in [2.75, 3.05) is 25.0 Å². The lowest BCUT2D eigenvalue weighted by atomic mass is 10.1.